The lowest BCUT2D eigenvalue weighted by Gasteiger charge is -2.07. The third kappa shape index (κ3) is 6.08. The van der Waals surface area contributed by atoms with Crippen LogP contribution < -0.4 is 5.32 Å². The summed E-state index contributed by atoms with van der Waals surface area (Å²) in [5, 5.41) is 3.53. The minimum atomic E-state index is -0.345. The summed E-state index contributed by atoms with van der Waals surface area (Å²) in [5.74, 6) is -0.562. The third-order valence-corrected chi connectivity index (χ3v) is 2.90. The number of nitrogens with one attached hydrogen (secondary N) is 1. The van der Waals surface area contributed by atoms with Crippen molar-refractivity contribution in [2.45, 2.75) is 19.3 Å². The molecule has 1 rings (SSSR count). The van der Waals surface area contributed by atoms with Crippen molar-refractivity contribution < 1.29 is 14.3 Å². The van der Waals surface area contributed by atoms with Gasteiger partial charge in [-0.1, -0.05) is 35.9 Å². The first-order chi connectivity index (χ1) is 9.52. The zero-order valence-electron chi connectivity index (χ0n) is 10.8. The van der Waals surface area contributed by atoms with E-state index in [-0.39, 0.29) is 31.3 Å². The molecule has 1 aromatic rings. The van der Waals surface area contributed by atoms with Gasteiger partial charge in [-0.3, -0.25) is 9.59 Å². The second-order valence-corrected chi connectivity index (χ2v) is 4.84. The van der Waals surface area contributed by atoms with Crippen molar-refractivity contribution in [2.75, 3.05) is 11.9 Å². The molecule has 0 heterocycles. The molecule has 0 unspecified atom stereocenters. The number of hydrogen-bond donors (Lipinski definition) is 1. The van der Waals surface area contributed by atoms with Crippen molar-refractivity contribution in [1.29, 1.82) is 0 Å². The maximum atomic E-state index is 11.7. The standard InChI is InChI=1S/C14H15Cl2NO3/c1-2-8-20-14(19)5-3-4-13(18)17-12-7-6-10(15)9-11(12)16/h2,6-7,9H,1,3-5,8H2,(H,17,18). The summed E-state index contributed by atoms with van der Waals surface area (Å²) in [6.07, 6.45) is 2.30. The lowest BCUT2D eigenvalue weighted by Crippen LogP contribution is -2.13. The maximum Gasteiger partial charge on any atom is 0.306 e. The molecular formula is C14H15Cl2NO3. The van der Waals surface area contributed by atoms with E-state index in [0.717, 1.165) is 0 Å². The van der Waals surface area contributed by atoms with Crippen LogP contribution in [0.4, 0.5) is 5.69 Å². The molecule has 0 saturated carbocycles. The summed E-state index contributed by atoms with van der Waals surface area (Å²) in [6.45, 7) is 3.63. The van der Waals surface area contributed by atoms with Gasteiger partial charge >= 0.3 is 5.97 Å². The highest BCUT2D eigenvalue weighted by Crippen LogP contribution is 2.25. The van der Waals surface area contributed by atoms with E-state index in [2.05, 4.69) is 11.9 Å². The largest absolute Gasteiger partial charge is 0.461 e. The van der Waals surface area contributed by atoms with Gasteiger partial charge in [0.25, 0.3) is 0 Å². The zero-order chi connectivity index (χ0) is 15.0. The van der Waals surface area contributed by atoms with Crippen molar-refractivity contribution >= 4 is 40.8 Å². The molecule has 1 N–H and O–H groups in total. The molecule has 6 heteroatoms. The minimum Gasteiger partial charge on any atom is -0.461 e. The molecule has 0 aromatic heterocycles. The number of carbonyl (C=O) groups excluding carboxylic acids is 2. The summed E-state index contributed by atoms with van der Waals surface area (Å²) >= 11 is 11.7. The first-order valence-corrected chi connectivity index (χ1v) is 6.80. The first kappa shape index (κ1) is 16.5. The molecule has 0 atom stereocenters. The highest BCUT2D eigenvalue weighted by molar-refractivity contribution is 6.36. The Balaban J connectivity index is 2.33. The quantitative estimate of drug-likeness (QED) is 0.614. The van der Waals surface area contributed by atoms with Crippen LogP contribution in [0.1, 0.15) is 19.3 Å². The zero-order valence-corrected chi connectivity index (χ0v) is 12.3. The average molecular weight is 316 g/mol. The van der Waals surface area contributed by atoms with Crippen LogP contribution in [0.25, 0.3) is 0 Å². The lowest BCUT2D eigenvalue weighted by molar-refractivity contribution is -0.142. The highest BCUT2D eigenvalue weighted by atomic mass is 35.5. The molecule has 20 heavy (non-hydrogen) atoms. The van der Waals surface area contributed by atoms with Gasteiger partial charge in [-0.05, 0) is 24.6 Å². The predicted molar refractivity (Wildman–Crippen MR) is 80.1 cm³/mol. The van der Waals surface area contributed by atoms with Gasteiger partial charge in [0.05, 0.1) is 10.7 Å². The molecule has 0 spiro atoms. The Labute approximate surface area is 127 Å². The van der Waals surface area contributed by atoms with Gasteiger partial charge in [0.2, 0.25) is 5.91 Å². The van der Waals surface area contributed by atoms with E-state index < -0.39 is 0 Å². The van der Waals surface area contributed by atoms with Crippen LogP contribution in [0.2, 0.25) is 10.0 Å². The minimum absolute atomic E-state index is 0.186. The fraction of sp³-hybridized carbons (Fsp3) is 0.286. The van der Waals surface area contributed by atoms with Gasteiger partial charge in [-0.2, -0.15) is 0 Å². The van der Waals surface area contributed by atoms with Crippen molar-refractivity contribution in [3.8, 4) is 0 Å². The number of anilines is 1. The van der Waals surface area contributed by atoms with Gasteiger partial charge in [0.1, 0.15) is 6.61 Å². The van der Waals surface area contributed by atoms with E-state index in [1.54, 1.807) is 18.2 Å². The Kier molecular flexibility index (Phi) is 7.12. The fourth-order valence-corrected chi connectivity index (χ4v) is 1.88. The third-order valence-electron chi connectivity index (χ3n) is 2.35. The number of benzene rings is 1. The highest BCUT2D eigenvalue weighted by Gasteiger charge is 2.08. The molecule has 4 nitrogen and oxygen atoms in total. The van der Waals surface area contributed by atoms with Crippen LogP contribution >= 0.6 is 23.2 Å². The molecule has 0 aliphatic carbocycles. The molecule has 0 aliphatic rings. The lowest BCUT2D eigenvalue weighted by atomic mass is 10.2. The normalized spacial score (nSPS) is 9.90. The second kappa shape index (κ2) is 8.61. The SMILES string of the molecule is C=CCOC(=O)CCCC(=O)Nc1ccc(Cl)cc1Cl. The summed E-state index contributed by atoms with van der Waals surface area (Å²) in [6, 6.07) is 4.81. The van der Waals surface area contributed by atoms with Crippen LogP contribution in [0.15, 0.2) is 30.9 Å². The van der Waals surface area contributed by atoms with Crippen LogP contribution in [0.3, 0.4) is 0 Å². The average Bonchev–Trinajstić information content (AvgIpc) is 2.39. The molecule has 0 aliphatic heterocycles. The van der Waals surface area contributed by atoms with E-state index in [1.165, 1.54) is 6.08 Å². The molecule has 0 fully saturated rings. The molecule has 0 bridgehead atoms. The van der Waals surface area contributed by atoms with Crippen molar-refractivity contribution in [2.24, 2.45) is 0 Å². The van der Waals surface area contributed by atoms with Crippen LogP contribution in [-0.2, 0) is 14.3 Å². The van der Waals surface area contributed by atoms with Crippen molar-refractivity contribution in [3.63, 3.8) is 0 Å². The van der Waals surface area contributed by atoms with Crippen LogP contribution in [-0.4, -0.2) is 18.5 Å². The van der Waals surface area contributed by atoms with Gasteiger partial charge in [0.15, 0.2) is 0 Å². The predicted octanol–water partition coefficient (Wildman–Crippen LogP) is 3.83. The Hall–Kier alpha value is -1.52. The Bertz CT molecular complexity index is 503. The number of ether oxygens (including phenoxy) is 1. The van der Waals surface area contributed by atoms with Crippen molar-refractivity contribution in [1.82, 2.24) is 0 Å². The number of halogens is 2. The Morgan fingerprint density at radius 3 is 2.70 bits per heavy atom. The van der Waals surface area contributed by atoms with Crippen molar-refractivity contribution in [3.05, 3.63) is 40.9 Å². The van der Waals surface area contributed by atoms with E-state index in [9.17, 15) is 9.59 Å². The van der Waals surface area contributed by atoms with E-state index >= 15 is 0 Å². The van der Waals surface area contributed by atoms with Crippen LogP contribution in [0.5, 0.6) is 0 Å². The first-order valence-electron chi connectivity index (χ1n) is 6.04. The van der Waals surface area contributed by atoms with Gasteiger partial charge in [-0.25, -0.2) is 0 Å². The van der Waals surface area contributed by atoms with Gasteiger partial charge in [0, 0.05) is 17.9 Å². The maximum absolute atomic E-state index is 11.7. The molecule has 1 amide bonds. The number of rotatable bonds is 7. The molecule has 0 saturated heterocycles. The fourth-order valence-electron chi connectivity index (χ4n) is 1.42. The molecule has 0 radical (unpaired) electrons. The summed E-state index contributed by atoms with van der Waals surface area (Å²) in [7, 11) is 0. The van der Waals surface area contributed by atoms with Gasteiger partial charge in [-0.15, -0.1) is 0 Å². The Morgan fingerprint density at radius 1 is 1.30 bits per heavy atom. The van der Waals surface area contributed by atoms with E-state index in [1.807, 2.05) is 0 Å². The Morgan fingerprint density at radius 2 is 2.05 bits per heavy atom. The van der Waals surface area contributed by atoms with Crippen LogP contribution in [0, 0.1) is 0 Å². The van der Waals surface area contributed by atoms with Gasteiger partial charge < -0.3 is 10.1 Å². The monoisotopic (exact) mass is 315 g/mol. The van der Waals surface area contributed by atoms with E-state index in [0.29, 0.717) is 22.2 Å². The summed E-state index contributed by atoms with van der Waals surface area (Å²) in [4.78, 5) is 22.9. The smallest absolute Gasteiger partial charge is 0.306 e. The number of carbonyl (C=O) groups is 2. The summed E-state index contributed by atoms with van der Waals surface area (Å²) in [5.41, 5.74) is 0.496. The number of hydrogen-bond acceptors (Lipinski definition) is 3. The second-order valence-electron chi connectivity index (χ2n) is 4.00. The number of esters is 1. The topological polar surface area (TPSA) is 55.4 Å². The molecule has 108 valence electrons. The van der Waals surface area contributed by atoms with E-state index in [4.69, 9.17) is 27.9 Å². The number of amides is 1. The summed E-state index contributed by atoms with van der Waals surface area (Å²) < 4.78 is 4.80. The molecule has 1 aromatic carbocycles. The molecular weight excluding hydrogens is 301 g/mol.